The summed E-state index contributed by atoms with van der Waals surface area (Å²) in [5.74, 6) is 1.66. The zero-order valence-electron chi connectivity index (χ0n) is 52.0. The van der Waals surface area contributed by atoms with Gasteiger partial charge >= 0.3 is 0 Å². The highest BCUT2D eigenvalue weighted by molar-refractivity contribution is 6.33. The number of furan rings is 2. The molecule has 0 aliphatic carbocycles. The topological polar surface area (TPSA) is 126 Å². The zero-order valence-corrected chi connectivity index (χ0v) is 52.0. The van der Waals surface area contributed by atoms with E-state index in [9.17, 15) is 19.2 Å². The summed E-state index contributed by atoms with van der Waals surface area (Å²) in [5.41, 5.74) is 15.4. The summed E-state index contributed by atoms with van der Waals surface area (Å²) in [6.07, 6.45) is 40.3. The maximum atomic E-state index is 14.2. The summed E-state index contributed by atoms with van der Waals surface area (Å²) in [6.45, 7) is 14.0. The van der Waals surface area contributed by atoms with E-state index in [-0.39, 0.29) is 23.6 Å². The summed E-state index contributed by atoms with van der Waals surface area (Å²) in [6, 6.07) is 20.3. The van der Waals surface area contributed by atoms with E-state index in [1.54, 1.807) is 22.2 Å². The third kappa shape index (κ3) is 10.5. The number of amides is 4. The van der Waals surface area contributed by atoms with Gasteiger partial charge in [0.1, 0.15) is 22.6 Å². The first-order chi connectivity index (χ1) is 42.9. The second-order valence-corrected chi connectivity index (χ2v) is 25.0. The number of carbonyl (C=O) groups is 4. The molecule has 0 N–H and O–H groups in total. The van der Waals surface area contributed by atoms with Crippen molar-refractivity contribution in [3.05, 3.63) is 175 Å². The van der Waals surface area contributed by atoms with Gasteiger partial charge in [0.05, 0.1) is 46.9 Å². The Morgan fingerprint density at radius 3 is 1.17 bits per heavy atom. The minimum atomic E-state index is -0.257. The Balaban J connectivity index is 0.000000178. The van der Waals surface area contributed by atoms with Crippen molar-refractivity contribution in [2.24, 2.45) is 0 Å². The fraction of sp³-hybridized carbons (Fsp3) is 0.368. The molecule has 0 unspecified atom stereocenters. The number of nitrogens with zero attached hydrogens (tertiary/aromatic N) is 4. The number of hydrogen-bond acceptors (Lipinski definition) is 8. The minimum absolute atomic E-state index is 0.165. The van der Waals surface area contributed by atoms with Gasteiger partial charge in [0.15, 0.2) is 23.0 Å². The van der Waals surface area contributed by atoms with Gasteiger partial charge in [0.25, 0.3) is 23.6 Å². The van der Waals surface area contributed by atoms with Crippen LogP contribution < -0.4 is 9.47 Å². The summed E-state index contributed by atoms with van der Waals surface area (Å²) >= 11 is 0. The molecule has 0 saturated heterocycles. The molecule has 6 aromatic rings. The number of ether oxygens (including phenoxy) is 2. The molecule has 452 valence electrons. The number of unbranched alkanes of at least 4 members (excludes halogenated alkanes) is 18. The van der Waals surface area contributed by atoms with Crippen molar-refractivity contribution in [2.45, 2.75) is 170 Å². The maximum absolute atomic E-state index is 14.2. The molecular weight excluding hydrogens is 1100 g/mol. The van der Waals surface area contributed by atoms with Gasteiger partial charge in [-0.05, 0) is 129 Å². The molecule has 0 saturated carbocycles. The van der Waals surface area contributed by atoms with Crippen LogP contribution in [0.3, 0.4) is 0 Å². The Morgan fingerprint density at radius 1 is 0.375 bits per heavy atom. The van der Waals surface area contributed by atoms with Crippen LogP contribution in [0.15, 0.2) is 117 Å². The van der Waals surface area contributed by atoms with Crippen LogP contribution in [-0.4, -0.2) is 56.4 Å². The fourth-order valence-electron chi connectivity index (χ4n) is 13.8. The van der Waals surface area contributed by atoms with Crippen LogP contribution in [-0.2, 0) is 19.2 Å². The van der Waals surface area contributed by atoms with Gasteiger partial charge in [-0.2, -0.15) is 0 Å². The van der Waals surface area contributed by atoms with E-state index in [1.807, 2.05) is 99.1 Å². The van der Waals surface area contributed by atoms with E-state index in [4.69, 9.17) is 18.3 Å². The molecule has 0 bridgehead atoms. The smallest absolute Gasteiger partial charge is 0.265 e. The van der Waals surface area contributed by atoms with Crippen molar-refractivity contribution < 1.29 is 37.5 Å². The van der Waals surface area contributed by atoms with E-state index in [0.29, 0.717) is 75.6 Å². The predicted molar refractivity (Wildman–Crippen MR) is 350 cm³/mol. The molecule has 12 nitrogen and oxygen atoms in total. The molecule has 0 atom stereocenters. The fourth-order valence-corrected chi connectivity index (χ4v) is 13.8. The van der Waals surface area contributed by atoms with Crippen LogP contribution in [0.1, 0.15) is 209 Å². The zero-order chi connectivity index (χ0) is 60.7. The molecule has 0 fully saturated rings. The van der Waals surface area contributed by atoms with Crippen molar-refractivity contribution in [3.8, 4) is 11.5 Å². The van der Waals surface area contributed by atoms with Gasteiger partial charge in [-0.1, -0.05) is 160 Å². The number of hydrogen-bond donors (Lipinski definition) is 0. The van der Waals surface area contributed by atoms with Crippen LogP contribution in [0.4, 0.5) is 0 Å². The highest BCUT2D eigenvalue weighted by atomic mass is 16.5. The van der Waals surface area contributed by atoms with Gasteiger partial charge in [-0.15, -0.1) is 0 Å². The number of benzene rings is 4. The lowest BCUT2D eigenvalue weighted by Gasteiger charge is -2.27. The molecular formula is C76H80N4O8. The Labute approximate surface area is 516 Å². The van der Waals surface area contributed by atoms with Crippen molar-refractivity contribution in [3.63, 3.8) is 0 Å². The molecule has 4 amide bonds. The van der Waals surface area contributed by atoms with Gasteiger partial charge < -0.3 is 18.3 Å². The largest absolute Gasteiger partial charge is 0.490 e. The van der Waals surface area contributed by atoms with E-state index in [2.05, 4.69) is 39.8 Å². The first kappa shape index (κ1) is 58.4. The molecule has 0 spiro atoms. The van der Waals surface area contributed by atoms with E-state index >= 15 is 0 Å². The van der Waals surface area contributed by atoms with Crippen LogP contribution in [0, 0.1) is 27.7 Å². The number of aryl methyl sites for hydroxylation is 4. The molecule has 8 aliphatic rings. The highest BCUT2D eigenvalue weighted by Crippen LogP contribution is 2.54. The van der Waals surface area contributed by atoms with Crippen molar-refractivity contribution in [2.75, 3.05) is 13.2 Å². The first-order valence-electron chi connectivity index (χ1n) is 32.6. The molecule has 88 heavy (non-hydrogen) atoms. The Kier molecular flexibility index (Phi) is 16.5. The van der Waals surface area contributed by atoms with Crippen LogP contribution in [0.5, 0.6) is 11.5 Å². The predicted octanol–water partition coefficient (Wildman–Crippen LogP) is 18.2. The normalized spacial score (nSPS) is 16.2. The lowest BCUT2D eigenvalue weighted by atomic mass is 9.93. The Hall–Kier alpha value is -8.64. The Morgan fingerprint density at radius 2 is 0.727 bits per heavy atom. The van der Waals surface area contributed by atoms with Gasteiger partial charge in [0, 0.05) is 57.8 Å². The standard InChI is InChI=1S/C48H64N2O4.C28H16N2O4/c1-5-7-9-11-13-15-17-19-21-23-29-53-41-33-38-26-28-50-46(40(38)34-42(41)54-30-24-22-20-18-16-14-12-10-8-6-2)44-43(47(50)51)45-39-32-36(4)35(3)31-37(39)25-27-49(45)48(44)52;1-13-3-5-15-17-7-9-29-23(25(17)33-19(15)11-13)21-22(28(29)32)24-26-18(8-10-30(24)27(21)31)16-6-4-14(2)12-20(16)34-26/h25-28,31-34H,5-24,29-30H2,1-4H3;3-12H,1-2H3. The summed E-state index contributed by atoms with van der Waals surface area (Å²) in [5, 5.41) is 1.91. The summed E-state index contributed by atoms with van der Waals surface area (Å²) in [4.78, 5) is 62.0. The van der Waals surface area contributed by atoms with Crippen LogP contribution in [0.25, 0.3) is 69.0 Å². The van der Waals surface area contributed by atoms with Crippen molar-refractivity contribution >= 4 is 92.7 Å². The molecule has 14 rings (SSSR count). The number of fused-ring (bicyclic) bond motifs is 18. The molecule has 0 radical (unpaired) electrons. The lowest BCUT2D eigenvalue weighted by Crippen LogP contribution is -2.26. The van der Waals surface area contributed by atoms with Crippen LogP contribution in [0.2, 0.25) is 0 Å². The van der Waals surface area contributed by atoms with Gasteiger partial charge in [-0.3, -0.25) is 38.8 Å². The van der Waals surface area contributed by atoms with Crippen molar-refractivity contribution in [1.82, 2.24) is 19.6 Å². The van der Waals surface area contributed by atoms with Gasteiger partial charge in [-0.25, -0.2) is 0 Å². The second-order valence-electron chi connectivity index (χ2n) is 25.0. The monoisotopic (exact) mass is 1180 g/mol. The summed E-state index contributed by atoms with van der Waals surface area (Å²) < 4.78 is 25.4. The van der Waals surface area contributed by atoms with Crippen molar-refractivity contribution in [1.29, 1.82) is 0 Å². The Bertz CT molecular complexity index is 3990. The first-order valence-corrected chi connectivity index (χ1v) is 32.6. The quantitative estimate of drug-likeness (QED) is 0.0549. The van der Waals surface area contributed by atoms with E-state index in [0.717, 1.165) is 103 Å². The third-order valence-electron chi connectivity index (χ3n) is 18.7. The molecule has 8 aliphatic heterocycles. The minimum Gasteiger partial charge on any atom is -0.490 e. The molecule has 2 aromatic heterocycles. The second kappa shape index (κ2) is 24.9. The molecule has 12 heteroatoms. The van der Waals surface area contributed by atoms with E-state index in [1.165, 1.54) is 118 Å². The SMILES string of the molecule is CCCCCCCCCCCCOc1cc2c(cc1OCCCCCCCCCCCC)C1=C3C(=O)N4C=Cc5cc(C)c(C)cc5C4=C3C(=O)N1C=C2.Cc1ccc2c3c(oc2c1)C1=C2C(=O)N4C=Cc5c(oc6cc(C)ccc56)C4=C2C(=O)N1C=C3. The average Bonchev–Trinajstić information content (AvgIpc) is 1.55. The highest BCUT2D eigenvalue weighted by Gasteiger charge is 2.53. The van der Waals surface area contributed by atoms with Crippen LogP contribution >= 0.6 is 0 Å². The number of carbonyl (C=O) groups excluding carboxylic acids is 4. The van der Waals surface area contributed by atoms with Gasteiger partial charge in [0.2, 0.25) is 0 Å². The van der Waals surface area contributed by atoms with E-state index < -0.39 is 0 Å². The molecule has 4 aromatic carbocycles. The molecule has 10 heterocycles. The lowest BCUT2D eigenvalue weighted by molar-refractivity contribution is -0.122. The average molecular weight is 1180 g/mol. The summed E-state index contributed by atoms with van der Waals surface area (Å²) in [7, 11) is 0. The number of rotatable bonds is 24. The maximum Gasteiger partial charge on any atom is 0.265 e. The third-order valence-corrected chi connectivity index (χ3v) is 18.7.